The first-order valence-electron chi connectivity index (χ1n) is 12.2. The summed E-state index contributed by atoms with van der Waals surface area (Å²) in [6.45, 7) is 2.29. The molecule has 1 saturated heterocycles. The lowest BCUT2D eigenvalue weighted by molar-refractivity contribution is -0.125. The number of anilines is 1. The molecule has 34 heavy (non-hydrogen) atoms. The summed E-state index contributed by atoms with van der Waals surface area (Å²) >= 11 is 0. The summed E-state index contributed by atoms with van der Waals surface area (Å²) in [6, 6.07) is 14.7. The molecule has 4 amide bonds. The molecule has 0 spiro atoms. The molecule has 1 saturated carbocycles. The molecule has 3 aromatic rings. The molecule has 1 aromatic heterocycles. The summed E-state index contributed by atoms with van der Waals surface area (Å²) in [5, 5.41) is 4.21. The van der Waals surface area contributed by atoms with Gasteiger partial charge in [-0.15, -0.1) is 0 Å². The first-order valence-corrected chi connectivity index (χ1v) is 12.2. The number of hydrogen-bond donors (Lipinski definition) is 2. The van der Waals surface area contributed by atoms with Crippen molar-refractivity contribution in [3.8, 4) is 0 Å². The number of fused-ring (bicyclic) bond motifs is 5. The van der Waals surface area contributed by atoms with Gasteiger partial charge < -0.3 is 15.2 Å². The number of amides is 4. The molecule has 2 aromatic carbocycles. The van der Waals surface area contributed by atoms with Crippen LogP contribution in [0.2, 0.25) is 0 Å². The first kappa shape index (κ1) is 21.0. The van der Waals surface area contributed by atoms with Crippen LogP contribution in [0.4, 0.5) is 10.5 Å². The fourth-order valence-corrected chi connectivity index (χ4v) is 5.92. The van der Waals surface area contributed by atoms with Crippen LogP contribution in [0.3, 0.4) is 0 Å². The summed E-state index contributed by atoms with van der Waals surface area (Å²) in [7, 11) is 0. The number of nitrogens with zero attached hydrogens (tertiary/aromatic N) is 2. The number of imide groups is 1. The second-order valence-electron chi connectivity index (χ2n) is 9.78. The molecule has 2 aliphatic heterocycles. The van der Waals surface area contributed by atoms with E-state index in [1.165, 1.54) is 11.3 Å². The number of carbonyl (C=O) groups excluding carboxylic acids is 3. The Kier molecular flexibility index (Phi) is 4.76. The minimum atomic E-state index is -1.11. The van der Waals surface area contributed by atoms with Crippen LogP contribution >= 0.6 is 0 Å². The molecule has 1 aliphatic carbocycles. The Bertz CT molecular complexity index is 1320. The third kappa shape index (κ3) is 2.99. The van der Waals surface area contributed by atoms with Crippen molar-refractivity contribution in [2.75, 3.05) is 11.4 Å². The zero-order valence-corrected chi connectivity index (χ0v) is 19.3. The van der Waals surface area contributed by atoms with Crippen LogP contribution in [0, 0.1) is 0 Å². The smallest absolute Gasteiger partial charge is 0.332 e. The van der Waals surface area contributed by atoms with E-state index < -0.39 is 5.54 Å². The highest BCUT2D eigenvalue weighted by Gasteiger charge is 2.59. The van der Waals surface area contributed by atoms with E-state index in [2.05, 4.69) is 16.4 Å². The number of nitrogens with one attached hydrogen (secondary N) is 2. The maximum Gasteiger partial charge on any atom is 0.332 e. The summed E-state index contributed by atoms with van der Waals surface area (Å²) in [4.78, 5) is 46.6. The SMILES string of the molecule is CC12C(=O)N(c3cccc(C(=O)NC4CCCCC4)c3)C(=O)N1CCc1c2[nH]c2ccccc12. The molecule has 2 fully saturated rings. The second kappa shape index (κ2) is 7.72. The Morgan fingerprint density at radius 2 is 1.85 bits per heavy atom. The molecule has 0 radical (unpaired) electrons. The minimum absolute atomic E-state index is 0.158. The van der Waals surface area contributed by atoms with E-state index >= 15 is 0 Å². The number of para-hydroxylation sites is 1. The minimum Gasteiger partial charge on any atom is -0.356 e. The predicted octanol–water partition coefficient (Wildman–Crippen LogP) is 4.47. The van der Waals surface area contributed by atoms with Crippen LogP contribution < -0.4 is 10.2 Å². The number of hydrogen-bond acceptors (Lipinski definition) is 3. The van der Waals surface area contributed by atoms with Gasteiger partial charge >= 0.3 is 6.03 Å². The van der Waals surface area contributed by atoms with Gasteiger partial charge in [0.1, 0.15) is 0 Å². The van der Waals surface area contributed by atoms with Crippen molar-refractivity contribution in [2.24, 2.45) is 0 Å². The number of urea groups is 1. The molecule has 6 rings (SSSR count). The monoisotopic (exact) mass is 456 g/mol. The van der Waals surface area contributed by atoms with Crippen molar-refractivity contribution in [2.45, 2.75) is 57.0 Å². The lowest BCUT2D eigenvalue weighted by atomic mass is 9.87. The summed E-state index contributed by atoms with van der Waals surface area (Å²) in [5.74, 6) is -0.454. The molecule has 2 N–H and O–H groups in total. The van der Waals surface area contributed by atoms with Crippen LogP contribution in [-0.2, 0) is 16.8 Å². The van der Waals surface area contributed by atoms with Crippen molar-refractivity contribution in [3.05, 3.63) is 65.4 Å². The third-order valence-electron chi connectivity index (χ3n) is 7.77. The van der Waals surface area contributed by atoms with Gasteiger partial charge in [-0.05, 0) is 56.0 Å². The zero-order valence-electron chi connectivity index (χ0n) is 19.3. The molecule has 174 valence electrons. The van der Waals surface area contributed by atoms with Crippen LogP contribution in [0.5, 0.6) is 0 Å². The van der Waals surface area contributed by atoms with Gasteiger partial charge in [0.2, 0.25) is 0 Å². The fourth-order valence-electron chi connectivity index (χ4n) is 5.92. The van der Waals surface area contributed by atoms with Crippen molar-refractivity contribution in [1.82, 2.24) is 15.2 Å². The van der Waals surface area contributed by atoms with Gasteiger partial charge in [0.25, 0.3) is 11.8 Å². The number of rotatable bonds is 3. The van der Waals surface area contributed by atoms with Crippen molar-refractivity contribution < 1.29 is 14.4 Å². The number of aromatic nitrogens is 1. The van der Waals surface area contributed by atoms with Crippen LogP contribution in [-0.4, -0.2) is 40.3 Å². The van der Waals surface area contributed by atoms with E-state index in [0.29, 0.717) is 24.2 Å². The van der Waals surface area contributed by atoms with Gasteiger partial charge in [-0.25, -0.2) is 9.69 Å². The molecule has 1 unspecified atom stereocenters. The Morgan fingerprint density at radius 3 is 2.68 bits per heavy atom. The predicted molar refractivity (Wildman–Crippen MR) is 130 cm³/mol. The normalized spacial score (nSPS) is 22.7. The van der Waals surface area contributed by atoms with E-state index in [0.717, 1.165) is 47.8 Å². The first-order chi connectivity index (χ1) is 16.5. The van der Waals surface area contributed by atoms with E-state index in [1.54, 1.807) is 29.2 Å². The lowest BCUT2D eigenvalue weighted by Gasteiger charge is -2.35. The quantitative estimate of drug-likeness (QED) is 0.570. The summed E-state index contributed by atoms with van der Waals surface area (Å²) in [5.41, 5.74) is 2.63. The standard InChI is InChI=1S/C27H28N4O3/c1-27-23-21(20-12-5-6-13-22(20)29-23)14-15-30(27)26(34)31(25(27)33)19-11-7-8-17(16-19)24(32)28-18-9-3-2-4-10-18/h5-8,11-13,16,18,29H,2-4,9-10,14-15H2,1H3,(H,28,32). The van der Waals surface area contributed by atoms with Gasteiger partial charge in [0.15, 0.2) is 5.54 Å². The Labute approximate surface area is 198 Å². The second-order valence-corrected chi connectivity index (χ2v) is 9.78. The number of benzene rings is 2. The maximum absolute atomic E-state index is 13.9. The van der Waals surface area contributed by atoms with Crippen molar-refractivity contribution in [3.63, 3.8) is 0 Å². The van der Waals surface area contributed by atoms with E-state index in [4.69, 9.17) is 0 Å². The Hall–Kier alpha value is -3.61. The Morgan fingerprint density at radius 1 is 1.06 bits per heavy atom. The highest BCUT2D eigenvalue weighted by Crippen LogP contribution is 2.45. The molecule has 3 heterocycles. The van der Waals surface area contributed by atoms with Crippen molar-refractivity contribution >= 4 is 34.4 Å². The fraction of sp³-hybridized carbons (Fsp3) is 0.370. The maximum atomic E-state index is 13.9. The summed E-state index contributed by atoms with van der Waals surface area (Å²) < 4.78 is 0. The molecule has 1 atom stereocenters. The van der Waals surface area contributed by atoms with Crippen molar-refractivity contribution in [1.29, 1.82) is 0 Å². The molecule has 3 aliphatic rings. The number of aromatic amines is 1. The van der Waals surface area contributed by atoms with Crippen LogP contribution in [0.1, 0.15) is 60.6 Å². The topological polar surface area (TPSA) is 85.5 Å². The number of carbonyl (C=O) groups is 3. The molecule has 7 nitrogen and oxygen atoms in total. The molecule has 0 bridgehead atoms. The largest absolute Gasteiger partial charge is 0.356 e. The lowest BCUT2D eigenvalue weighted by Crippen LogP contribution is -2.49. The van der Waals surface area contributed by atoms with Crippen LogP contribution in [0.15, 0.2) is 48.5 Å². The third-order valence-corrected chi connectivity index (χ3v) is 7.77. The highest BCUT2D eigenvalue weighted by molar-refractivity contribution is 6.24. The van der Waals surface area contributed by atoms with E-state index in [1.807, 2.05) is 25.1 Å². The average Bonchev–Trinajstić information content (AvgIpc) is 3.33. The van der Waals surface area contributed by atoms with Crippen LogP contribution in [0.25, 0.3) is 10.9 Å². The van der Waals surface area contributed by atoms with Gasteiger partial charge in [-0.1, -0.05) is 43.5 Å². The average molecular weight is 457 g/mol. The van der Waals surface area contributed by atoms with Gasteiger partial charge in [-0.2, -0.15) is 0 Å². The molecular formula is C27H28N4O3. The zero-order chi connectivity index (χ0) is 23.4. The van der Waals surface area contributed by atoms with Gasteiger partial charge in [0, 0.05) is 29.1 Å². The Balaban J connectivity index is 1.34. The van der Waals surface area contributed by atoms with Gasteiger partial charge in [0.05, 0.1) is 11.4 Å². The molecular weight excluding hydrogens is 428 g/mol. The van der Waals surface area contributed by atoms with E-state index in [-0.39, 0.29) is 23.9 Å². The molecule has 7 heteroatoms. The number of H-pyrrole nitrogens is 1. The van der Waals surface area contributed by atoms with E-state index in [9.17, 15) is 14.4 Å². The highest BCUT2D eigenvalue weighted by atomic mass is 16.2. The van der Waals surface area contributed by atoms with Gasteiger partial charge in [-0.3, -0.25) is 9.59 Å². The summed E-state index contributed by atoms with van der Waals surface area (Å²) in [6.07, 6.45) is 6.15.